The Morgan fingerprint density at radius 2 is 2.44 bits per heavy atom. The van der Waals surface area contributed by atoms with Crippen LogP contribution in [0.15, 0.2) is 16.8 Å². The molecular formula is C13H20N2O2S. The van der Waals surface area contributed by atoms with Crippen LogP contribution < -0.4 is 10.6 Å². The third kappa shape index (κ3) is 3.31. The maximum atomic E-state index is 12.1. The summed E-state index contributed by atoms with van der Waals surface area (Å²) in [5, 5.41) is 10.4. The van der Waals surface area contributed by atoms with Gasteiger partial charge in [-0.05, 0) is 42.8 Å². The average Bonchev–Trinajstić information content (AvgIpc) is 2.97. The molecule has 0 aromatic carbocycles. The minimum Gasteiger partial charge on any atom is -0.379 e. The Morgan fingerprint density at radius 1 is 1.61 bits per heavy atom. The van der Waals surface area contributed by atoms with Crippen LogP contribution in [0, 0.1) is 5.92 Å². The Morgan fingerprint density at radius 3 is 3.11 bits per heavy atom. The van der Waals surface area contributed by atoms with Crippen LogP contribution in [0.4, 0.5) is 0 Å². The molecule has 3 atom stereocenters. The first-order valence-electron chi connectivity index (χ1n) is 6.27. The van der Waals surface area contributed by atoms with E-state index in [-0.39, 0.29) is 23.9 Å². The minimum absolute atomic E-state index is 0.0695. The molecule has 0 spiro atoms. The number of ether oxygens (including phenoxy) is 1. The molecule has 1 saturated heterocycles. The van der Waals surface area contributed by atoms with Crippen molar-refractivity contribution in [2.24, 2.45) is 5.92 Å². The summed E-state index contributed by atoms with van der Waals surface area (Å²) >= 11 is 1.69. The highest BCUT2D eigenvalue weighted by Gasteiger charge is 2.33. The van der Waals surface area contributed by atoms with E-state index in [1.54, 1.807) is 11.3 Å². The van der Waals surface area contributed by atoms with Gasteiger partial charge in [0.05, 0.1) is 19.1 Å². The Balaban J connectivity index is 1.83. The molecule has 18 heavy (non-hydrogen) atoms. The van der Waals surface area contributed by atoms with Gasteiger partial charge in [-0.2, -0.15) is 11.3 Å². The number of nitrogens with one attached hydrogen (secondary N) is 2. The summed E-state index contributed by atoms with van der Waals surface area (Å²) in [7, 11) is 1.87. The molecule has 1 aromatic rings. The van der Waals surface area contributed by atoms with Gasteiger partial charge in [0.15, 0.2) is 0 Å². The monoisotopic (exact) mass is 268 g/mol. The topological polar surface area (TPSA) is 50.4 Å². The highest BCUT2D eigenvalue weighted by molar-refractivity contribution is 7.07. The zero-order chi connectivity index (χ0) is 13.0. The van der Waals surface area contributed by atoms with Gasteiger partial charge >= 0.3 is 0 Å². The van der Waals surface area contributed by atoms with Crippen molar-refractivity contribution in [3.05, 3.63) is 22.4 Å². The van der Waals surface area contributed by atoms with Gasteiger partial charge in [0.25, 0.3) is 0 Å². The number of hydrogen-bond donors (Lipinski definition) is 2. The first-order chi connectivity index (χ1) is 8.70. The maximum absolute atomic E-state index is 12.1. The fourth-order valence-corrected chi connectivity index (χ4v) is 2.94. The van der Waals surface area contributed by atoms with Crippen molar-refractivity contribution >= 4 is 17.2 Å². The Bertz CT molecular complexity index is 380. The summed E-state index contributed by atoms with van der Waals surface area (Å²) in [6.45, 7) is 3.18. The molecule has 2 heterocycles. The van der Waals surface area contributed by atoms with E-state index in [1.807, 2.05) is 14.0 Å². The Labute approximate surface area is 112 Å². The average molecular weight is 268 g/mol. The first kappa shape index (κ1) is 13.5. The van der Waals surface area contributed by atoms with Crippen molar-refractivity contribution in [2.75, 3.05) is 20.3 Å². The fraction of sp³-hybridized carbons (Fsp3) is 0.615. The van der Waals surface area contributed by atoms with Crippen LogP contribution in [0.2, 0.25) is 0 Å². The summed E-state index contributed by atoms with van der Waals surface area (Å²) < 4.78 is 5.35. The predicted molar refractivity (Wildman–Crippen MR) is 72.8 cm³/mol. The first-order valence-corrected chi connectivity index (χ1v) is 7.21. The largest absolute Gasteiger partial charge is 0.379 e. The molecule has 0 radical (unpaired) electrons. The highest BCUT2D eigenvalue weighted by atomic mass is 32.1. The molecular weight excluding hydrogens is 248 g/mol. The van der Waals surface area contributed by atoms with Crippen molar-refractivity contribution in [3.8, 4) is 0 Å². The third-order valence-electron chi connectivity index (χ3n) is 3.30. The lowest BCUT2D eigenvalue weighted by atomic mass is 10.0. The number of carbonyl (C=O) groups excluding carboxylic acids is 1. The van der Waals surface area contributed by atoms with Crippen LogP contribution in [0.25, 0.3) is 0 Å². The van der Waals surface area contributed by atoms with E-state index < -0.39 is 0 Å². The zero-order valence-electron chi connectivity index (χ0n) is 10.8. The molecule has 2 N–H and O–H groups in total. The second-order valence-corrected chi connectivity index (χ2v) is 5.56. The lowest BCUT2D eigenvalue weighted by molar-refractivity contribution is -0.126. The quantitative estimate of drug-likeness (QED) is 0.838. The Kier molecular flexibility index (Phi) is 4.74. The normalized spacial score (nSPS) is 25.0. The van der Waals surface area contributed by atoms with Gasteiger partial charge in [0.2, 0.25) is 5.91 Å². The van der Waals surface area contributed by atoms with Crippen molar-refractivity contribution in [2.45, 2.75) is 25.4 Å². The van der Waals surface area contributed by atoms with Gasteiger partial charge in [0, 0.05) is 12.1 Å². The molecule has 1 aliphatic rings. The molecule has 1 amide bonds. The van der Waals surface area contributed by atoms with E-state index in [9.17, 15) is 4.79 Å². The summed E-state index contributed by atoms with van der Waals surface area (Å²) in [4.78, 5) is 12.1. The molecule has 4 nitrogen and oxygen atoms in total. The molecule has 3 unspecified atom stereocenters. The number of rotatable bonds is 5. The maximum Gasteiger partial charge on any atom is 0.227 e. The third-order valence-corrected chi connectivity index (χ3v) is 4.03. The number of thiophene rings is 1. The van der Waals surface area contributed by atoms with E-state index in [0.29, 0.717) is 13.2 Å². The van der Waals surface area contributed by atoms with Gasteiger partial charge in [-0.1, -0.05) is 0 Å². The number of carbonyl (C=O) groups is 1. The van der Waals surface area contributed by atoms with Crippen LogP contribution in [0.5, 0.6) is 0 Å². The highest BCUT2D eigenvalue weighted by Crippen LogP contribution is 2.14. The predicted octanol–water partition coefficient (Wildman–Crippen LogP) is 1.03. The minimum atomic E-state index is -0.0695. The summed E-state index contributed by atoms with van der Waals surface area (Å²) in [6, 6.07) is 2.39. The summed E-state index contributed by atoms with van der Waals surface area (Å²) in [6.07, 6.45) is 0.882. The standard InChI is InChI=1S/C13H20N2O2S/c1-9(5-10-3-4-18-8-10)15-13(16)11-6-17-7-12(11)14-2/h3-4,8-9,11-12,14H,5-7H2,1-2H3,(H,15,16). The number of likely N-dealkylation sites (N-methyl/N-ethyl adjacent to an activating group) is 1. The fourth-order valence-electron chi connectivity index (χ4n) is 2.26. The van der Waals surface area contributed by atoms with Gasteiger partial charge in [-0.3, -0.25) is 4.79 Å². The molecule has 0 bridgehead atoms. The van der Waals surface area contributed by atoms with Crippen molar-refractivity contribution < 1.29 is 9.53 Å². The van der Waals surface area contributed by atoms with E-state index in [0.717, 1.165) is 6.42 Å². The van der Waals surface area contributed by atoms with Crippen LogP contribution >= 0.6 is 11.3 Å². The van der Waals surface area contributed by atoms with Crippen LogP contribution in [0.1, 0.15) is 12.5 Å². The van der Waals surface area contributed by atoms with E-state index in [2.05, 4.69) is 27.5 Å². The molecule has 1 aromatic heterocycles. The molecule has 100 valence electrons. The molecule has 0 aliphatic carbocycles. The molecule has 2 rings (SSSR count). The van der Waals surface area contributed by atoms with E-state index >= 15 is 0 Å². The summed E-state index contributed by atoms with van der Waals surface area (Å²) in [5.74, 6) is 0.0227. The van der Waals surface area contributed by atoms with Crippen LogP contribution in [-0.2, 0) is 16.0 Å². The van der Waals surface area contributed by atoms with Gasteiger partial charge in [-0.25, -0.2) is 0 Å². The summed E-state index contributed by atoms with van der Waals surface area (Å²) in [5.41, 5.74) is 1.28. The Hall–Kier alpha value is -0.910. The van der Waals surface area contributed by atoms with Gasteiger partial charge in [-0.15, -0.1) is 0 Å². The van der Waals surface area contributed by atoms with E-state index in [4.69, 9.17) is 4.74 Å². The molecule has 0 saturated carbocycles. The lowest BCUT2D eigenvalue weighted by Gasteiger charge is -2.19. The SMILES string of the molecule is CNC1COCC1C(=O)NC(C)Cc1ccsc1. The zero-order valence-corrected chi connectivity index (χ0v) is 11.6. The number of hydrogen-bond acceptors (Lipinski definition) is 4. The lowest BCUT2D eigenvalue weighted by Crippen LogP contribution is -2.45. The van der Waals surface area contributed by atoms with E-state index in [1.165, 1.54) is 5.56 Å². The molecule has 1 aliphatic heterocycles. The van der Waals surface area contributed by atoms with Gasteiger partial charge < -0.3 is 15.4 Å². The van der Waals surface area contributed by atoms with Crippen molar-refractivity contribution in [3.63, 3.8) is 0 Å². The van der Waals surface area contributed by atoms with Crippen molar-refractivity contribution in [1.29, 1.82) is 0 Å². The molecule has 1 fully saturated rings. The second kappa shape index (κ2) is 6.31. The number of amides is 1. The van der Waals surface area contributed by atoms with Gasteiger partial charge in [0.1, 0.15) is 0 Å². The van der Waals surface area contributed by atoms with Crippen LogP contribution in [-0.4, -0.2) is 38.3 Å². The van der Waals surface area contributed by atoms with Crippen molar-refractivity contribution in [1.82, 2.24) is 10.6 Å². The second-order valence-electron chi connectivity index (χ2n) is 4.78. The molecule has 5 heteroatoms. The smallest absolute Gasteiger partial charge is 0.227 e. The van der Waals surface area contributed by atoms with Crippen LogP contribution in [0.3, 0.4) is 0 Å².